The molecule has 1 aliphatic rings. The number of hydrogen-bond donors (Lipinski definition) is 1. The van der Waals surface area contributed by atoms with E-state index in [1.54, 1.807) is 23.9 Å². The number of rotatable bonds is 8. The fourth-order valence-electron chi connectivity index (χ4n) is 3.20. The Labute approximate surface area is 168 Å². The summed E-state index contributed by atoms with van der Waals surface area (Å²) in [6.45, 7) is 2.10. The lowest BCUT2D eigenvalue weighted by atomic mass is 10.2. The molecule has 3 aromatic rings. The van der Waals surface area contributed by atoms with Crippen LogP contribution in [0.5, 0.6) is 0 Å². The Morgan fingerprint density at radius 2 is 1.93 bits per heavy atom. The Morgan fingerprint density at radius 1 is 1.11 bits per heavy atom. The van der Waals surface area contributed by atoms with Gasteiger partial charge in [-0.05, 0) is 42.7 Å². The van der Waals surface area contributed by atoms with Crippen LogP contribution in [0.3, 0.4) is 0 Å². The summed E-state index contributed by atoms with van der Waals surface area (Å²) in [5.74, 6) is 1.46. The van der Waals surface area contributed by atoms with Crippen LogP contribution in [0.1, 0.15) is 24.2 Å². The second kappa shape index (κ2) is 9.21. The highest BCUT2D eigenvalue weighted by molar-refractivity contribution is 7.98. The molecule has 1 fully saturated rings. The summed E-state index contributed by atoms with van der Waals surface area (Å²) in [5.41, 5.74) is 2.11. The zero-order chi connectivity index (χ0) is 19.2. The molecule has 0 radical (unpaired) electrons. The molecular weight excluding hydrogens is 375 g/mol. The lowest BCUT2D eigenvalue weighted by Crippen LogP contribution is -2.19. The fourth-order valence-corrected chi connectivity index (χ4v) is 4.13. The van der Waals surface area contributed by atoms with Gasteiger partial charge in [0, 0.05) is 18.0 Å². The summed E-state index contributed by atoms with van der Waals surface area (Å²) in [5, 5.41) is 13.0. The van der Waals surface area contributed by atoms with Gasteiger partial charge in [0.1, 0.15) is 5.82 Å². The Morgan fingerprint density at radius 3 is 2.68 bits per heavy atom. The van der Waals surface area contributed by atoms with Crippen LogP contribution in [-0.2, 0) is 23.6 Å². The van der Waals surface area contributed by atoms with Crippen molar-refractivity contribution in [3.05, 3.63) is 71.8 Å². The van der Waals surface area contributed by atoms with E-state index in [0.29, 0.717) is 6.54 Å². The van der Waals surface area contributed by atoms with Crippen molar-refractivity contribution in [1.82, 2.24) is 14.8 Å². The highest BCUT2D eigenvalue weighted by atomic mass is 32.2. The Kier molecular flexibility index (Phi) is 6.24. The van der Waals surface area contributed by atoms with Crippen molar-refractivity contribution in [2.75, 3.05) is 11.9 Å². The first-order valence-corrected chi connectivity index (χ1v) is 10.5. The van der Waals surface area contributed by atoms with Crippen molar-refractivity contribution in [3.8, 4) is 0 Å². The van der Waals surface area contributed by atoms with E-state index in [1.807, 2.05) is 18.2 Å². The molecule has 7 heteroatoms. The number of hydrogen-bond acceptors (Lipinski definition) is 5. The number of nitrogens with zero attached hydrogens (tertiary/aromatic N) is 3. The molecule has 1 aliphatic heterocycles. The fraction of sp³-hybridized carbons (Fsp3) is 0.333. The van der Waals surface area contributed by atoms with E-state index in [9.17, 15) is 4.39 Å². The summed E-state index contributed by atoms with van der Waals surface area (Å²) < 4.78 is 21.1. The molecule has 4 rings (SSSR count). The van der Waals surface area contributed by atoms with Crippen LogP contribution in [0.15, 0.2) is 59.8 Å². The van der Waals surface area contributed by atoms with Crippen molar-refractivity contribution < 1.29 is 9.13 Å². The predicted molar refractivity (Wildman–Crippen MR) is 109 cm³/mol. The molecule has 0 unspecified atom stereocenters. The summed E-state index contributed by atoms with van der Waals surface area (Å²) >= 11 is 1.68. The largest absolute Gasteiger partial charge is 0.378 e. The standard InChI is InChI=1S/C21H23FN4OS/c22-17-8-10-18(11-9-17)23-13-20-24-25-21(26(20)14-19-7-4-12-27-19)28-15-16-5-2-1-3-6-16/h1-3,5-6,8-11,19,23H,4,7,12-15H2/t19-/m1/s1. The van der Waals surface area contributed by atoms with Gasteiger partial charge < -0.3 is 14.6 Å². The number of thioether (sulfide) groups is 1. The maximum Gasteiger partial charge on any atom is 0.191 e. The van der Waals surface area contributed by atoms with E-state index in [2.05, 4.69) is 32.2 Å². The van der Waals surface area contributed by atoms with Crippen LogP contribution in [-0.4, -0.2) is 27.5 Å². The average Bonchev–Trinajstić information content (AvgIpc) is 3.37. The lowest BCUT2D eigenvalue weighted by Gasteiger charge is -2.15. The van der Waals surface area contributed by atoms with Crippen LogP contribution in [0.25, 0.3) is 0 Å². The molecule has 1 saturated heterocycles. The van der Waals surface area contributed by atoms with Gasteiger partial charge in [-0.2, -0.15) is 0 Å². The zero-order valence-corrected chi connectivity index (χ0v) is 16.4. The van der Waals surface area contributed by atoms with Gasteiger partial charge >= 0.3 is 0 Å². The molecule has 28 heavy (non-hydrogen) atoms. The van der Waals surface area contributed by atoms with Gasteiger partial charge in [-0.3, -0.25) is 0 Å². The van der Waals surface area contributed by atoms with E-state index in [0.717, 1.165) is 48.4 Å². The van der Waals surface area contributed by atoms with E-state index >= 15 is 0 Å². The highest BCUT2D eigenvalue weighted by Crippen LogP contribution is 2.24. The van der Waals surface area contributed by atoms with Crippen molar-refractivity contribution in [3.63, 3.8) is 0 Å². The molecule has 2 heterocycles. The minimum atomic E-state index is -0.244. The third kappa shape index (κ3) is 4.91. The Hall–Kier alpha value is -2.38. The van der Waals surface area contributed by atoms with E-state index in [4.69, 9.17) is 4.74 Å². The minimum absolute atomic E-state index is 0.205. The first-order chi connectivity index (χ1) is 13.8. The molecule has 5 nitrogen and oxygen atoms in total. The number of nitrogens with one attached hydrogen (secondary N) is 1. The third-order valence-corrected chi connectivity index (χ3v) is 5.75. The van der Waals surface area contributed by atoms with Gasteiger partial charge in [0.25, 0.3) is 0 Å². The Bertz CT molecular complexity index is 879. The number of aromatic nitrogens is 3. The molecule has 1 N–H and O–H groups in total. The Balaban J connectivity index is 1.47. The molecule has 146 valence electrons. The van der Waals surface area contributed by atoms with Gasteiger partial charge in [0.2, 0.25) is 0 Å². The first kappa shape index (κ1) is 19.0. The zero-order valence-electron chi connectivity index (χ0n) is 15.6. The number of halogens is 1. The van der Waals surface area contributed by atoms with Gasteiger partial charge in [-0.15, -0.1) is 10.2 Å². The lowest BCUT2D eigenvalue weighted by molar-refractivity contribution is 0.0942. The second-order valence-corrected chi connectivity index (χ2v) is 7.72. The smallest absolute Gasteiger partial charge is 0.191 e. The van der Waals surface area contributed by atoms with E-state index < -0.39 is 0 Å². The van der Waals surface area contributed by atoms with E-state index in [-0.39, 0.29) is 11.9 Å². The molecule has 0 spiro atoms. The van der Waals surface area contributed by atoms with Gasteiger partial charge in [-0.1, -0.05) is 42.1 Å². The van der Waals surface area contributed by atoms with Crippen molar-refractivity contribution in [2.24, 2.45) is 0 Å². The molecule has 2 aromatic carbocycles. The summed E-state index contributed by atoms with van der Waals surface area (Å²) in [6, 6.07) is 16.7. The molecule has 0 amide bonds. The molecule has 0 aliphatic carbocycles. The van der Waals surface area contributed by atoms with Crippen molar-refractivity contribution in [1.29, 1.82) is 0 Å². The summed E-state index contributed by atoms with van der Waals surface area (Å²) in [7, 11) is 0. The number of benzene rings is 2. The van der Waals surface area contributed by atoms with Gasteiger partial charge in [0.15, 0.2) is 11.0 Å². The molecule has 0 bridgehead atoms. The van der Waals surface area contributed by atoms with Crippen molar-refractivity contribution in [2.45, 2.75) is 42.9 Å². The maximum absolute atomic E-state index is 13.1. The summed E-state index contributed by atoms with van der Waals surface area (Å²) in [6.07, 6.45) is 2.37. The van der Waals surface area contributed by atoms with E-state index in [1.165, 1.54) is 17.7 Å². The number of ether oxygens (including phenoxy) is 1. The van der Waals surface area contributed by atoms with Gasteiger partial charge in [-0.25, -0.2) is 4.39 Å². The van der Waals surface area contributed by atoms with Crippen LogP contribution < -0.4 is 5.32 Å². The predicted octanol–water partition coefficient (Wildman–Crippen LogP) is 4.50. The van der Waals surface area contributed by atoms with Crippen molar-refractivity contribution >= 4 is 17.4 Å². The molecule has 1 aromatic heterocycles. The SMILES string of the molecule is Fc1ccc(NCc2nnc(SCc3ccccc3)n2C[C@H]2CCCO2)cc1. The first-order valence-electron chi connectivity index (χ1n) is 9.48. The highest BCUT2D eigenvalue weighted by Gasteiger charge is 2.21. The monoisotopic (exact) mass is 398 g/mol. The minimum Gasteiger partial charge on any atom is -0.378 e. The normalized spacial score (nSPS) is 16.4. The van der Waals surface area contributed by atoms with Crippen LogP contribution in [0.4, 0.5) is 10.1 Å². The van der Waals surface area contributed by atoms with Crippen LogP contribution in [0, 0.1) is 5.82 Å². The quantitative estimate of drug-likeness (QED) is 0.566. The third-order valence-electron chi connectivity index (χ3n) is 4.71. The van der Waals surface area contributed by atoms with Crippen LogP contribution in [0.2, 0.25) is 0 Å². The van der Waals surface area contributed by atoms with Gasteiger partial charge in [0.05, 0.1) is 19.2 Å². The average molecular weight is 399 g/mol. The van der Waals surface area contributed by atoms with Crippen LogP contribution >= 0.6 is 11.8 Å². The molecule has 1 atom stereocenters. The maximum atomic E-state index is 13.1. The second-order valence-electron chi connectivity index (χ2n) is 6.78. The summed E-state index contributed by atoms with van der Waals surface area (Å²) in [4.78, 5) is 0. The topological polar surface area (TPSA) is 52.0 Å². The number of anilines is 1. The molecule has 0 saturated carbocycles. The molecular formula is C21H23FN4OS.